The average molecular weight is 605 g/mol. The zero-order chi connectivity index (χ0) is 26.7. The van der Waals surface area contributed by atoms with E-state index >= 15 is 0 Å². The van der Waals surface area contributed by atoms with E-state index in [2.05, 4.69) is 14.2 Å². The second kappa shape index (κ2) is 18.2. The van der Waals surface area contributed by atoms with Crippen molar-refractivity contribution in [1.82, 2.24) is 0 Å². The molecule has 0 unspecified atom stereocenters. The molecule has 0 saturated heterocycles. The Hall–Kier alpha value is -3.16. The number of rotatable bonds is 15. The van der Waals surface area contributed by atoms with Gasteiger partial charge in [-0.05, 0) is 0 Å². The van der Waals surface area contributed by atoms with Crippen molar-refractivity contribution in [1.29, 1.82) is 0 Å². The third-order valence-corrected chi connectivity index (χ3v) is 10.7. The SMILES string of the molecule is CCC[CH2][Sn]([O]C(=O)/C=C\C(=O)OCC)([O]C(=O)/C=C\C(=O)OCC)[O]C(=O)/C=C\C(=O)OCC. The van der Waals surface area contributed by atoms with E-state index in [1.807, 2.05) is 0 Å². The van der Waals surface area contributed by atoms with Crippen LogP contribution in [0.15, 0.2) is 36.5 Å². The number of carbonyl (C=O) groups excluding carboxylic acids is 6. The van der Waals surface area contributed by atoms with E-state index < -0.39 is 55.4 Å². The van der Waals surface area contributed by atoms with Crippen molar-refractivity contribution in [2.45, 2.75) is 45.0 Å². The zero-order valence-corrected chi connectivity index (χ0v) is 23.0. The Morgan fingerprint density at radius 2 is 0.800 bits per heavy atom. The summed E-state index contributed by atoms with van der Waals surface area (Å²) in [6.45, 7) is 6.74. The summed E-state index contributed by atoms with van der Waals surface area (Å²) in [5.41, 5.74) is 0. The van der Waals surface area contributed by atoms with E-state index in [4.69, 9.17) is 9.22 Å². The Bertz CT molecular complexity index is 741. The molecular formula is C22H30O12Sn. The molecular weight excluding hydrogens is 575 g/mol. The summed E-state index contributed by atoms with van der Waals surface area (Å²) < 4.78 is 29.8. The van der Waals surface area contributed by atoms with Crippen LogP contribution in [0.1, 0.15) is 40.5 Å². The number of carbonyl (C=O) groups is 6. The standard InChI is InChI=1S/3C6H8O4.C4H9.Sn/c3*1-2-10-6(9)4-3-5(7)8;1-3-4-2;/h3*3-4H,2H2,1H3,(H,7,8);1,3-4H2,2H3;/q;;;;+3/p-3/b3*4-3-;;. The molecule has 13 heteroatoms. The Labute approximate surface area is 208 Å². The molecule has 0 heterocycles. The van der Waals surface area contributed by atoms with Gasteiger partial charge in [-0.2, -0.15) is 0 Å². The molecule has 0 N–H and O–H groups in total. The molecule has 0 aromatic rings. The van der Waals surface area contributed by atoms with Crippen LogP contribution in [-0.2, 0) is 52.2 Å². The summed E-state index contributed by atoms with van der Waals surface area (Å²) >= 11 is -5.38. The predicted octanol–water partition coefficient (Wildman–Crippen LogP) is 1.71. The molecule has 12 nitrogen and oxygen atoms in total. The van der Waals surface area contributed by atoms with Crippen molar-refractivity contribution in [2.75, 3.05) is 19.8 Å². The van der Waals surface area contributed by atoms with Gasteiger partial charge in [0.25, 0.3) is 0 Å². The van der Waals surface area contributed by atoms with Crippen molar-refractivity contribution >= 4 is 55.4 Å². The molecule has 0 saturated carbocycles. The van der Waals surface area contributed by atoms with Crippen molar-refractivity contribution in [2.24, 2.45) is 0 Å². The molecule has 0 aliphatic heterocycles. The first-order valence-electron chi connectivity index (χ1n) is 10.8. The van der Waals surface area contributed by atoms with Crippen LogP contribution in [0.25, 0.3) is 0 Å². The topological polar surface area (TPSA) is 158 Å². The minimum atomic E-state index is -5.38. The van der Waals surface area contributed by atoms with E-state index in [9.17, 15) is 28.8 Å². The van der Waals surface area contributed by atoms with Crippen LogP contribution in [-0.4, -0.2) is 75.3 Å². The molecule has 0 fully saturated rings. The van der Waals surface area contributed by atoms with Crippen molar-refractivity contribution in [3.63, 3.8) is 0 Å². The van der Waals surface area contributed by atoms with Crippen LogP contribution in [0.2, 0.25) is 4.44 Å². The molecule has 0 rings (SSSR count). The molecule has 194 valence electrons. The number of ether oxygens (including phenoxy) is 3. The molecule has 0 aliphatic rings. The van der Waals surface area contributed by atoms with Gasteiger partial charge in [0.05, 0.1) is 0 Å². The van der Waals surface area contributed by atoms with E-state index in [1.54, 1.807) is 27.7 Å². The number of esters is 3. The normalized spacial score (nSPS) is 11.3. The predicted molar refractivity (Wildman–Crippen MR) is 121 cm³/mol. The molecule has 0 aromatic carbocycles. The maximum absolute atomic E-state index is 12.4. The van der Waals surface area contributed by atoms with Gasteiger partial charge in [-0.15, -0.1) is 0 Å². The fourth-order valence-electron chi connectivity index (χ4n) is 2.15. The van der Waals surface area contributed by atoms with Crippen LogP contribution in [0.5, 0.6) is 0 Å². The maximum atomic E-state index is 12.4. The molecule has 0 spiro atoms. The van der Waals surface area contributed by atoms with Crippen LogP contribution in [0.4, 0.5) is 0 Å². The minimum absolute atomic E-state index is 0.0761. The van der Waals surface area contributed by atoms with Gasteiger partial charge in [-0.3, -0.25) is 0 Å². The first-order valence-corrected chi connectivity index (χ1v) is 16.4. The Morgan fingerprint density at radius 1 is 0.514 bits per heavy atom. The fourth-order valence-corrected chi connectivity index (χ4v) is 8.83. The second-order valence-electron chi connectivity index (χ2n) is 6.31. The number of hydrogen-bond donors (Lipinski definition) is 0. The molecule has 0 atom stereocenters. The van der Waals surface area contributed by atoms with Gasteiger partial charge >= 0.3 is 209 Å². The van der Waals surface area contributed by atoms with Crippen LogP contribution in [0, 0.1) is 0 Å². The first-order chi connectivity index (χ1) is 16.6. The van der Waals surface area contributed by atoms with Gasteiger partial charge in [-0.25, -0.2) is 0 Å². The van der Waals surface area contributed by atoms with E-state index in [-0.39, 0.29) is 24.3 Å². The number of hydrogen-bond acceptors (Lipinski definition) is 12. The molecule has 0 radical (unpaired) electrons. The summed E-state index contributed by atoms with van der Waals surface area (Å²) in [6.07, 6.45) is 5.50. The Kier molecular flexibility index (Phi) is 16.6. The Balaban J connectivity index is 5.91. The van der Waals surface area contributed by atoms with Crippen LogP contribution < -0.4 is 0 Å². The van der Waals surface area contributed by atoms with Gasteiger partial charge in [0.1, 0.15) is 0 Å². The summed E-state index contributed by atoms with van der Waals surface area (Å²) in [4.78, 5) is 71.5. The van der Waals surface area contributed by atoms with Crippen molar-refractivity contribution in [3.05, 3.63) is 36.5 Å². The van der Waals surface area contributed by atoms with Gasteiger partial charge in [0, 0.05) is 0 Å². The van der Waals surface area contributed by atoms with E-state index in [1.165, 1.54) is 0 Å². The van der Waals surface area contributed by atoms with E-state index in [0.29, 0.717) is 12.8 Å². The van der Waals surface area contributed by atoms with Crippen LogP contribution in [0.3, 0.4) is 0 Å². The second-order valence-corrected chi connectivity index (χ2v) is 13.4. The summed E-state index contributed by atoms with van der Waals surface area (Å²) in [6, 6.07) is 0. The number of unbranched alkanes of at least 4 members (excludes halogenated alkanes) is 1. The van der Waals surface area contributed by atoms with Gasteiger partial charge < -0.3 is 0 Å². The third kappa shape index (κ3) is 15.4. The molecule has 0 aromatic heterocycles. The molecule has 0 bridgehead atoms. The summed E-state index contributed by atoms with van der Waals surface area (Å²) in [5.74, 6) is -5.80. The Morgan fingerprint density at radius 3 is 1.06 bits per heavy atom. The molecule has 0 aliphatic carbocycles. The average Bonchev–Trinajstić information content (AvgIpc) is 2.79. The molecule has 35 heavy (non-hydrogen) atoms. The van der Waals surface area contributed by atoms with Gasteiger partial charge in [0.2, 0.25) is 0 Å². The van der Waals surface area contributed by atoms with E-state index in [0.717, 1.165) is 36.5 Å². The fraction of sp³-hybridized carbons (Fsp3) is 0.455. The zero-order valence-electron chi connectivity index (χ0n) is 20.1. The monoisotopic (exact) mass is 606 g/mol. The van der Waals surface area contributed by atoms with Gasteiger partial charge in [0.15, 0.2) is 0 Å². The molecule has 0 amide bonds. The quantitative estimate of drug-likeness (QED) is 0.115. The van der Waals surface area contributed by atoms with Crippen molar-refractivity contribution in [3.8, 4) is 0 Å². The third-order valence-electron chi connectivity index (χ3n) is 3.53. The first kappa shape index (κ1) is 31.8. The summed E-state index contributed by atoms with van der Waals surface area (Å²) in [5, 5.41) is 0. The van der Waals surface area contributed by atoms with Crippen LogP contribution >= 0.6 is 0 Å². The van der Waals surface area contributed by atoms with Crippen molar-refractivity contribution < 1.29 is 52.2 Å². The van der Waals surface area contributed by atoms with Gasteiger partial charge in [-0.1, -0.05) is 0 Å². The summed E-state index contributed by atoms with van der Waals surface area (Å²) in [7, 11) is 0.